The minimum Gasteiger partial charge on any atom is -0.356 e. The van der Waals surface area contributed by atoms with Gasteiger partial charge in [-0.15, -0.1) is 24.0 Å². The van der Waals surface area contributed by atoms with E-state index in [0.29, 0.717) is 11.9 Å². The van der Waals surface area contributed by atoms with Gasteiger partial charge in [0, 0.05) is 31.1 Å². The molecule has 0 heterocycles. The average molecular weight is 423 g/mol. The van der Waals surface area contributed by atoms with E-state index in [9.17, 15) is 8.78 Å². The molecule has 0 aromatic heterocycles. The van der Waals surface area contributed by atoms with Crippen LogP contribution >= 0.6 is 24.0 Å². The standard InChI is InChI=1S/C16H23F2N3.HI/c1-10(2)7-8-20-16(19-3)21-14-9-11(14)15-12(17)5-4-6-13(15)18;/h4-6,10-11,14H,7-9H2,1-3H3,(H2,19,20,21);1H. The van der Waals surface area contributed by atoms with E-state index in [1.54, 1.807) is 7.05 Å². The van der Waals surface area contributed by atoms with Crippen LogP contribution in [0.2, 0.25) is 0 Å². The summed E-state index contributed by atoms with van der Waals surface area (Å²) in [4.78, 5) is 4.14. The van der Waals surface area contributed by atoms with Crippen molar-refractivity contribution in [2.75, 3.05) is 13.6 Å². The summed E-state index contributed by atoms with van der Waals surface area (Å²) in [6, 6.07) is 4.06. The normalized spacial score (nSPS) is 20.5. The average Bonchev–Trinajstić information content (AvgIpc) is 3.16. The smallest absolute Gasteiger partial charge is 0.191 e. The van der Waals surface area contributed by atoms with Gasteiger partial charge in [0.15, 0.2) is 5.96 Å². The van der Waals surface area contributed by atoms with Crippen LogP contribution in [0, 0.1) is 17.6 Å². The van der Waals surface area contributed by atoms with Gasteiger partial charge in [0.25, 0.3) is 0 Å². The molecule has 0 aliphatic heterocycles. The van der Waals surface area contributed by atoms with Crippen molar-refractivity contribution in [3.63, 3.8) is 0 Å². The minimum absolute atomic E-state index is 0. The van der Waals surface area contributed by atoms with Crippen LogP contribution in [0.1, 0.15) is 38.2 Å². The molecule has 1 fully saturated rings. The molecule has 0 saturated heterocycles. The van der Waals surface area contributed by atoms with E-state index >= 15 is 0 Å². The van der Waals surface area contributed by atoms with Crippen LogP contribution in [0.15, 0.2) is 23.2 Å². The second-order valence-electron chi connectivity index (χ2n) is 5.91. The van der Waals surface area contributed by atoms with E-state index in [2.05, 4.69) is 29.5 Å². The Kier molecular flexibility index (Phi) is 7.52. The highest BCUT2D eigenvalue weighted by Gasteiger charge is 2.42. The van der Waals surface area contributed by atoms with E-state index in [0.717, 1.165) is 19.4 Å². The highest BCUT2D eigenvalue weighted by molar-refractivity contribution is 14.0. The summed E-state index contributed by atoms with van der Waals surface area (Å²) in [5.74, 6) is 0.269. The molecule has 1 aromatic rings. The molecule has 1 saturated carbocycles. The predicted octanol–water partition coefficient (Wildman–Crippen LogP) is 3.65. The fraction of sp³-hybridized carbons (Fsp3) is 0.562. The highest BCUT2D eigenvalue weighted by Crippen LogP contribution is 2.42. The lowest BCUT2D eigenvalue weighted by Crippen LogP contribution is -2.39. The van der Waals surface area contributed by atoms with Crippen molar-refractivity contribution in [2.24, 2.45) is 10.9 Å². The summed E-state index contributed by atoms with van der Waals surface area (Å²) in [5, 5.41) is 6.45. The van der Waals surface area contributed by atoms with Gasteiger partial charge < -0.3 is 10.6 Å². The number of hydrogen-bond acceptors (Lipinski definition) is 1. The molecule has 0 bridgehead atoms. The molecule has 22 heavy (non-hydrogen) atoms. The molecule has 2 atom stereocenters. The summed E-state index contributed by atoms with van der Waals surface area (Å²) in [6.07, 6.45) is 1.78. The van der Waals surface area contributed by atoms with Crippen LogP contribution in [0.4, 0.5) is 8.78 Å². The van der Waals surface area contributed by atoms with Gasteiger partial charge >= 0.3 is 0 Å². The third-order valence-electron chi connectivity index (χ3n) is 3.72. The van der Waals surface area contributed by atoms with E-state index in [1.807, 2.05) is 0 Å². The van der Waals surface area contributed by atoms with E-state index in [4.69, 9.17) is 0 Å². The monoisotopic (exact) mass is 423 g/mol. The topological polar surface area (TPSA) is 36.4 Å². The first kappa shape index (κ1) is 19.1. The first-order valence-electron chi connectivity index (χ1n) is 7.44. The molecule has 3 nitrogen and oxygen atoms in total. The number of aliphatic imine (C=N–C) groups is 1. The maximum absolute atomic E-state index is 13.7. The molecule has 0 radical (unpaired) electrons. The predicted molar refractivity (Wildman–Crippen MR) is 96.9 cm³/mol. The second-order valence-corrected chi connectivity index (χ2v) is 5.91. The molecule has 124 valence electrons. The molecule has 1 aliphatic carbocycles. The Morgan fingerprint density at radius 2 is 1.95 bits per heavy atom. The minimum atomic E-state index is -0.466. The first-order valence-corrected chi connectivity index (χ1v) is 7.44. The lowest BCUT2D eigenvalue weighted by atomic mass is 10.1. The van der Waals surface area contributed by atoms with Crippen LogP contribution in [0.25, 0.3) is 0 Å². The van der Waals surface area contributed by atoms with Crippen molar-refractivity contribution in [1.29, 1.82) is 0 Å². The van der Waals surface area contributed by atoms with Gasteiger partial charge in [0.1, 0.15) is 11.6 Å². The summed E-state index contributed by atoms with van der Waals surface area (Å²) in [5.41, 5.74) is 0.188. The second kappa shape index (κ2) is 8.64. The summed E-state index contributed by atoms with van der Waals surface area (Å²) >= 11 is 0. The SMILES string of the molecule is CN=C(NCCC(C)C)NC1CC1c1c(F)cccc1F.I. The van der Waals surface area contributed by atoms with Crippen LogP contribution in [-0.4, -0.2) is 25.6 Å². The molecule has 2 rings (SSSR count). The van der Waals surface area contributed by atoms with Crippen molar-refractivity contribution in [1.82, 2.24) is 10.6 Å². The van der Waals surface area contributed by atoms with Crippen LogP contribution in [0.5, 0.6) is 0 Å². The van der Waals surface area contributed by atoms with Gasteiger partial charge in [0.2, 0.25) is 0 Å². The van der Waals surface area contributed by atoms with Gasteiger partial charge in [0.05, 0.1) is 0 Å². The van der Waals surface area contributed by atoms with Crippen LogP contribution in [0.3, 0.4) is 0 Å². The zero-order valence-corrected chi connectivity index (χ0v) is 15.5. The number of hydrogen-bond donors (Lipinski definition) is 2. The molecule has 0 spiro atoms. The van der Waals surface area contributed by atoms with Gasteiger partial charge in [-0.2, -0.15) is 0 Å². The lowest BCUT2D eigenvalue weighted by Gasteiger charge is -2.13. The number of nitrogens with zero attached hydrogens (tertiary/aromatic N) is 1. The quantitative estimate of drug-likeness (QED) is 0.431. The number of benzene rings is 1. The maximum atomic E-state index is 13.7. The van der Waals surface area contributed by atoms with Gasteiger partial charge in [-0.3, -0.25) is 4.99 Å². The Labute approximate surface area is 148 Å². The van der Waals surface area contributed by atoms with Crippen molar-refractivity contribution in [3.8, 4) is 0 Å². The third kappa shape index (κ3) is 5.07. The molecule has 1 aliphatic rings. The third-order valence-corrected chi connectivity index (χ3v) is 3.72. The molecule has 2 N–H and O–H groups in total. The Balaban J connectivity index is 0.00000242. The number of halogens is 3. The van der Waals surface area contributed by atoms with Gasteiger partial charge in [-0.05, 0) is 30.9 Å². The van der Waals surface area contributed by atoms with Crippen LogP contribution < -0.4 is 10.6 Å². The van der Waals surface area contributed by atoms with Gasteiger partial charge in [-0.1, -0.05) is 19.9 Å². The Morgan fingerprint density at radius 3 is 2.50 bits per heavy atom. The fourth-order valence-electron chi connectivity index (χ4n) is 2.39. The van der Waals surface area contributed by atoms with Gasteiger partial charge in [-0.25, -0.2) is 8.78 Å². The maximum Gasteiger partial charge on any atom is 0.191 e. The summed E-state index contributed by atoms with van der Waals surface area (Å²) in [7, 11) is 1.70. The van der Waals surface area contributed by atoms with E-state index in [1.165, 1.54) is 18.2 Å². The number of guanidine groups is 1. The zero-order valence-electron chi connectivity index (χ0n) is 13.2. The molecular weight excluding hydrogens is 399 g/mol. The largest absolute Gasteiger partial charge is 0.356 e. The Hall–Kier alpha value is -0.920. The fourth-order valence-corrected chi connectivity index (χ4v) is 2.39. The Bertz CT molecular complexity index is 500. The molecule has 1 aromatic carbocycles. The zero-order chi connectivity index (χ0) is 15.4. The van der Waals surface area contributed by atoms with Crippen molar-refractivity contribution < 1.29 is 8.78 Å². The summed E-state index contributed by atoms with van der Waals surface area (Å²) < 4.78 is 27.4. The van der Waals surface area contributed by atoms with Crippen molar-refractivity contribution >= 4 is 29.9 Å². The lowest BCUT2D eigenvalue weighted by molar-refractivity contribution is 0.552. The first-order chi connectivity index (χ1) is 10.0. The molecule has 0 amide bonds. The molecular formula is C16H24F2IN3. The summed E-state index contributed by atoms with van der Waals surface area (Å²) in [6.45, 7) is 5.16. The molecule has 6 heteroatoms. The van der Waals surface area contributed by atoms with Crippen molar-refractivity contribution in [2.45, 2.75) is 38.6 Å². The van der Waals surface area contributed by atoms with E-state index < -0.39 is 11.6 Å². The number of nitrogens with one attached hydrogen (secondary N) is 2. The highest BCUT2D eigenvalue weighted by atomic mass is 127. The van der Waals surface area contributed by atoms with Crippen molar-refractivity contribution in [3.05, 3.63) is 35.4 Å². The van der Waals surface area contributed by atoms with Crippen LogP contribution in [-0.2, 0) is 0 Å². The number of rotatable bonds is 5. The Morgan fingerprint density at radius 1 is 1.32 bits per heavy atom. The van der Waals surface area contributed by atoms with E-state index in [-0.39, 0.29) is 41.5 Å². The molecule has 2 unspecified atom stereocenters.